The van der Waals surface area contributed by atoms with Crippen LogP contribution in [0.25, 0.3) is 0 Å². The molecule has 1 aromatic carbocycles. The number of rotatable bonds is 3. The summed E-state index contributed by atoms with van der Waals surface area (Å²) in [6.45, 7) is 1.84. The molecule has 1 aromatic heterocycles. The number of benzene rings is 1. The summed E-state index contributed by atoms with van der Waals surface area (Å²) < 4.78 is 0. The van der Waals surface area contributed by atoms with E-state index >= 15 is 0 Å². The summed E-state index contributed by atoms with van der Waals surface area (Å²) in [4.78, 5) is 16.3. The minimum absolute atomic E-state index is 0.247. The van der Waals surface area contributed by atoms with E-state index in [-0.39, 0.29) is 10.9 Å². The summed E-state index contributed by atoms with van der Waals surface area (Å²) in [7, 11) is 0. The lowest BCUT2D eigenvalue weighted by Gasteiger charge is -2.07. The number of hydrogen-bond donors (Lipinski definition) is 2. The van der Waals surface area contributed by atoms with E-state index in [0.717, 1.165) is 5.01 Å². The molecular formula is C12H10ClN3OS2. The second-order valence-electron chi connectivity index (χ2n) is 3.76. The van der Waals surface area contributed by atoms with Crippen molar-refractivity contribution in [1.82, 2.24) is 4.98 Å². The van der Waals surface area contributed by atoms with Gasteiger partial charge in [0.2, 0.25) is 0 Å². The van der Waals surface area contributed by atoms with E-state index in [4.69, 9.17) is 29.6 Å². The molecule has 0 saturated heterocycles. The third-order valence-corrected chi connectivity index (χ3v) is 3.69. The third-order valence-electron chi connectivity index (χ3n) is 2.35. The Morgan fingerprint density at radius 3 is 2.84 bits per heavy atom. The van der Waals surface area contributed by atoms with Gasteiger partial charge in [-0.2, -0.15) is 0 Å². The van der Waals surface area contributed by atoms with Gasteiger partial charge in [0, 0.05) is 10.9 Å². The number of nitrogens with one attached hydrogen (secondary N) is 1. The maximum atomic E-state index is 12.0. The van der Waals surface area contributed by atoms with Crippen LogP contribution in [0.15, 0.2) is 23.6 Å². The fourth-order valence-electron chi connectivity index (χ4n) is 1.43. The number of nitrogens with two attached hydrogens (primary N) is 1. The summed E-state index contributed by atoms with van der Waals surface area (Å²) >= 11 is 12.3. The number of thiazole rings is 1. The minimum atomic E-state index is -0.314. The Morgan fingerprint density at radius 1 is 1.53 bits per heavy atom. The van der Waals surface area contributed by atoms with Crippen LogP contribution in [-0.4, -0.2) is 15.9 Å². The number of aryl methyl sites for hydroxylation is 1. The van der Waals surface area contributed by atoms with Crippen LogP contribution in [0.4, 0.5) is 5.69 Å². The Labute approximate surface area is 124 Å². The van der Waals surface area contributed by atoms with Crippen molar-refractivity contribution in [2.45, 2.75) is 6.92 Å². The number of anilines is 1. The maximum absolute atomic E-state index is 12.0. The van der Waals surface area contributed by atoms with Crippen molar-refractivity contribution in [3.05, 3.63) is 44.9 Å². The third kappa shape index (κ3) is 3.28. The number of thiocarbonyl (C=S) groups is 1. The number of amides is 1. The zero-order valence-corrected chi connectivity index (χ0v) is 12.3. The molecule has 0 aliphatic heterocycles. The maximum Gasteiger partial charge on any atom is 0.275 e. The van der Waals surface area contributed by atoms with Crippen molar-refractivity contribution in [2.75, 3.05) is 5.32 Å². The van der Waals surface area contributed by atoms with E-state index in [0.29, 0.717) is 22.0 Å². The first-order valence-electron chi connectivity index (χ1n) is 5.30. The number of hydrogen-bond acceptors (Lipinski definition) is 4. The summed E-state index contributed by atoms with van der Waals surface area (Å²) in [5.74, 6) is -0.314. The lowest BCUT2D eigenvalue weighted by Crippen LogP contribution is -2.14. The molecule has 0 radical (unpaired) electrons. The SMILES string of the molecule is Cc1nc(C(=O)Nc2cc(C(N)=S)ccc2Cl)cs1. The lowest BCUT2D eigenvalue weighted by molar-refractivity contribution is 0.102. The number of halogens is 1. The first kappa shape index (κ1) is 13.9. The van der Waals surface area contributed by atoms with Crippen molar-refractivity contribution in [3.8, 4) is 0 Å². The number of carbonyl (C=O) groups excluding carboxylic acids is 1. The summed E-state index contributed by atoms with van der Waals surface area (Å²) in [5.41, 5.74) is 7.01. The summed E-state index contributed by atoms with van der Waals surface area (Å²) in [5, 5.41) is 5.63. The van der Waals surface area contributed by atoms with Crippen molar-refractivity contribution >= 4 is 51.7 Å². The average Bonchev–Trinajstić information content (AvgIpc) is 2.78. The number of aromatic nitrogens is 1. The minimum Gasteiger partial charge on any atom is -0.389 e. The smallest absolute Gasteiger partial charge is 0.275 e. The largest absolute Gasteiger partial charge is 0.389 e. The molecule has 0 spiro atoms. The molecule has 0 saturated carbocycles. The molecular weight excluding hydrogens is 302 g/mol. The summed E-state index contributed by atoms with van der Waals surface area (Å²) in [6.07, 6.45) is 0. The second-order valence-corrected chi connectivity index (χ2v) is 5.67. The van der Waals surface area contributed by atoms with E-state index in [1.54, 1.807) is 23.6 Å². The van der Waals surface area contributed by atoms with Crippen molar-refractivity contribution in [3.63, 3.8) is 0 Å². The Balaban J connectivity index is 2.25. The van der Waals surface area contributed by atoms with Crippen molar-refractivity contribution in [2.24, 2.45) is 5.73 Å². The van der Waals surface area contributed by atoms with Crippen LogP contribution in [0, 0.1) is 6.92 Å². The first-order valence-corrected chi connectivity index (χ1v) is 6.97. The first-order chi connectivity index (χ1) is 8.97. The zero-order chi connectivity index (χ0) is 14.0. The lowest BCUT2D eigenvalue weighted by atomic mass is 10.2. The standard InChI is InChI=1S/C12H10ClN3OS2/c1-6-15-10(5-19-6)12(17)16-9-4-7(11(14)18)2-3-8(9)13/h2-5H,1H3,(H2,14,18)(H,16,17). The van der Waals surface area contributed by atoms with E-state index in [2.05, 4.69) is 10.3 Å². The zero-order valence-electron chi connectivity index (χ0n) is 9.94. The molecule has 4 nitrogen and oxygen atoms in total. The molecule has 2 rings (SSSR count). The highest BCUT2D eigenvalue weighted by Crippen LogP contribution is 2.24. The van der Waals surface area contributed by atoms with Crippen LogP contribution in [0.1, 0.15) is 21.1 Å². The molecule has 98 valence electrons. The molecule has 0 aliphatic carbocycles. The normalized spacial score (nSPS) is 10.2. The molecule has 0 fully saturated rings. The van der Waals surface area contributed by atoms with Crippen molar-refractivity contribution in [1.29, 1.82) is 0 Å². The van der Waals surface area contributed by atoms with Crippen LogP contribution in [0.2, 0.25) is 5.02 Å². The molecule has 0 aliphatic rings. The predicted molar refractivity (Wildman–Crippen MR) is 82.1 cm³/mol. The van der Waals surface area contributed by atoms with Gasteiger partial charge in [-0.15, -0.1) is 11.3 Å². The Bertz CT molecular complexity index is 654. The molecule has 3 N–H and O–H groups in total. The highest BCUT2D eigenvalue weighted by molar-refractivity contribution is 7.80. The van der Waals surface area contributed by atoms with Gasteiger partial charge in [-0.05, 0) is 19.1 Å². The van der Waals surface area contributed by atoms with Gasteiger partial charge in [-0.25, -0.2) is 4.98 Å². The fraction of sp³-hybridized carbons (Fsp3) is 0.0833. The molecule has 7 heteroatoms. The van der Waals surface area contributed by atoms with Gasteiger partial charge in [-0.3, -0.25) is 4.79 Å². The van der Waals surface area contributed by atoms with Gasteiger partial charge in [0.15, 0.2) is 0 Å². The number of nitrogens with zero attached hydrogens (tertiary/aromatic N) is 1. The number of carbonyl (C=O) groups is 1. The topological polar surface area (TPSA) is 68.0 Å². The Hall–Kier alpha value is -1.50. The van der Waals surface area contributed by atoms with Crippen LogP contribution in [-0.2, 0) is 0 Å². The van der Waals surface area contributed by atoms with E-state index in [1.165, 1.54) is 11.3 Å². The van der Waals surface area contributed by atoms with Crippen LogP contribution in [0.5, 0.6) is 0 Å². The van der Waals surface area contributed by atoms with Crippen LogP contribution in [0.3, 0.4) is 0 Å². The van der Waals surface area contributed by atoms with Gasteiger partial charge in [0.1, 0.15) is 10.7 Å². The van der Waals surface area contributed by atoms with E-state index in [1.807, 2.05) is 6.92 Å². The molecule has 0 atom stereocenters. The monoisotopic (exact) mass is 311 g/mol. The van der Waals surface area contributed by atoms with E-state index in [9.17, 15) is 4.79 Å². The van der Waals surface area contributed by atoms with Gasteiger partial charge >= 0.3 is 0 Å². The van der Waals surface area contributed by atoms with Crippen LogP contribution >= 0.6 is 35.2 Å². The summed E-state index contributed by atoms with van der Waals surface area (Å²) in [6, 6.07) is 4.98. The van der Waals surface area contributed by atoms with Gasteiger partial charge in [-0.1, -0.05) is 29.9 Å². The van der Waals surface area contributed by atoms with Gasteiger partial charge < -0.3 is 11.1 Å². The van der Waals surface area contributed by atoms with Gasteiger partial charge in [0.25, 0.3) is 5.91 Å². The average molecular weight is 312 g/mol. The van der Waals surface area contributed by atoms with E-state index < -0.39 is 0 Å². The highest BCUT2D eigenvalue weighted by atomic mass is 35.5. The second kappa shape index (κ2) is 5.64. The molecule has 2 aromatic rings. The molecule has 0 unspecified atom stereocenters. The Morgan fingerprint density at radius 2 is 2.26 bits per heavy atom. The predicted octanol–water partition coefficient (Wildman–Crippen LogP) is 2.99. The highest BCUT2D eigenvalue weighted by Gasteiger charge is 2.12. The van der Waals surface area contributed by atoms with Crippen molar-refractivity contribution < 1.29 is 4.79 Å². The molecule has 0 bridgehead atoms. The Kier molecular flexibility index (Phi) is 4.14. The quantitative estimate of drug-likeness (QED) is 0.855. The fourth-order valence-corrected chi connectivity index (χ4v) is 2.31. The van der Waals surface area contributed by atoms with Crippen LogP contribution < -0.4 is 11.1 Å². The molecule has 1 heterocycles. The molecule has 1 amide bonds. The molecule has 19 heavy (non-hydrogen) atoms. The van der Waals surface area contributed by atoms with Gasteiger partial charge in [0.05, 0.1) is 15.7 Å².